The molecule has 4 aromatic rings. The fourth-order valence-electron chi connectivity index (χ4n) is 5.39. The number of fused-ring (bicyclic) bond motifs is 2. The monoisotopic (exact) mass is 649 g/mol. The summed E-state index contributed by atoms with van der Waals surface area (Å²) >= 11 is 8.06. The fraction of sp³-hybridized carbons (Fsp3) is 0.194. The van der Waals surface area contributed by atoms with Crippen LogP contribution in [0.4, 0.5) is 11.4 Å². The zero-order valence-electron chi connectivity index (χ0n) is 23.1. The Morgan fingerprint density at radius 2 is 1.64 bits per heavy atom. The van der Waals surface area contributed by atoms with Gasteiger partial charge >= 0.3 is 10.8 Å². The summed E-state index contributed by atoms with van der Waals surface area (Å²) in [6, 6.07) is 18.9. The van der Waals surface area contributed by atoms with Gasteiger partial charge < -0.3 is 15.2 Å². The molecule has 0 bridgehead atoms. The van der Waals surface area contributed by atoms with Crippen molar-refractivity contribution in [1.82, 2.24) is 4.57 Å². The van der Waals surface area contributed by atoms with E-state index in [0.717, 1.165) is 28.0 Å². The van der Waals surface area contributed by atoms with Crippen molar-refractivity contribution in [3.63, 3.8) is 0 Å². The van der Waals surface area contributed by atoms with E-state index < -0.39 is 45.6 Å². The van der Waals surface area contributed by atoms with Crippen LogP contribution in [0.5, 0.6) is 5.75 Å². The number of hydrogen-bond donors (Lipinski definition) is 2. The molecule has 2 aliphatic heterocycles. The molecule has 2 aliphatic rings. The number of thioether (sulfide) groups is 1. The zero-order chi connectivity index (χ0) is 31.1. The number of halogens is 1. The Morgan fingerprint density at radius 1 is 0.955 bits per heavy atom. The number of rotatable bonds is 7. The van der Waals surface area contributed by atoms with Crippen molar-refractivity contribution in [3.05, 3.63) is 103 Å². The Kier molecular flexibility index (Phi) is 8.06. The third-order valence-electron chi connectivity index (χ3n) is 7.37. The van der Waals surface area contributed by atoms with E-state index in [4.69, 9.17) is 16.3 Å². The van der Waals surface area contributed by atoms with Crippen LogP contribution >= 0.6 is 34.7 Å². The van der Waals surface area contributed by atoms with E-state index in [1.165, 1.54) is 28.8 Å². The van der Waals surface area contributed by atoms with Crippen molar-refractivity contribution < 1.29 is 29.0 Å². The number of phenolic OH excluding ortho intramolecular Hbond substituents is 1. The molecule has 1 fully saturated rings. The van der Waals surface area contributed by atoms with E-state index in [2.05, 4.69) is 5.32 Å². The molecule has 0 radical (unpaired) electrons. The van der Waals surface area contributed by atoms with Gasteiger partial charge in [-0.3, -0.25) is 23.7 Å². The summed E-state index contributed by atoms with van der Waals surface area (Å²) in [4.78, 5) is 67.3. The lowest BCUT2D eigenvalue weighted by Gasteiger charge is -2.30. The Hall–Kier alpha value is -4.39. The molecule has 6 rings (SSSR count). The zero-order valence-corrected chi connectivity index (χ0v) is 25.4. The first kappa shape index (κ1) is 29.7. The number of anilines is 2. The van der Waals surface area contributed by atoms with Gasteiger partial charge in [-0.2, -0.15) is 0 Å². The number of thiazole rings is 1. The van der Waals surface area contributed by atoms with Crippen LogP contribution in [0.1, 0.15) is 33.6 Å². The first-order valence-electron chi connectivity index (χ1n) is 13.6. The number of amides is 3. The molecule has 0 unspecified atom stereocenters. The maximum Gasteiger partial charge on any atom is 0.338 e. The predicted molar refractivity (Wildman–Crippen MR) is 167 cm³/mol. The van der Waals surface area contributed by atoms with Gasteiger partial charge in [-0.1, -0.05) is 46.8 Å². The van der Waals surface area contributed by atoms with Gasteiger partial charge in [-0.05, 0) is 73.2 Å². The highest BCUT2D eigenvalue weighted by Gasteiger charge is 2.56. The molecule has 224 valence electrons. The Morgan fingerprint density at radius 3 is 2.30 bits per heavy atom. The lowest BCUT2D eigenvalue weighted by atomic mass is 9.83. The van der Waals surface area contributed by atoms with Crippen LogP contribution in [0.3, 0.4) is 0 Å². The van der Waals surface area contributed by atoms with E-state index in [1.54, 1.807) is 55.5 Å². The van der Waals surface area contributed by atoms with Crippen LogP contribution in [0.25, 0.3) is 0 Å². The maximum absolute atomic E-state index is 13.9. The first-order valence-corrected chi connectivity index (χ1v) is 15.6. The third-order valence-corrected chi connectivity index (χ3v) is 10.2. The molecule has 3 aromatic carbocycles. The number of benzene rings is 3. The third kappa shape index (κ3) is 5.40. The summed E-state index contributed by atoms with van der Waals surface area (Å²) in [6.45, 7) is 1.61. The molecule has 13 heteroatoms. The number of phenols is 1. The minimum Gasteiger partial charge on any atom is -0.508 e. The van der Waals surface area contributed by atoms with Crippen molar-refractivity contribution in [1.29, 1.82) is 0 Å². The highest BCUT2D eigenvalue weighted by Crippen LogP contribution is 2.54. The van der Waals surface area contributed by atoms with Crippen LogP contribution in [0.2, 0.25) is 5.02 Å². The van der Waals surface area contributed by atoms with Gasteiger partial charge in [0.1, 0.15) is 17.5 Å². The van der Waals surface area contributed by atoms with Gasteiger partial charge in [0.05, 0.1) is 28.8 Å². The minimum absolute atomic E-state index is 0.0324. The Bertz CT molecular complexity index is 1840. The van der Waals surface area contributed by atoms with Crippen molar-refractivity contribution >= 4 is 69.8 Å². The molecule has 1 aromatic heterocycles. The normalized spacial score (nSPS) is 19.0. The SMILES string of the molecule is CCOC(=O)c1ccc(NC(=O)Cn2c3c(sc2=O)[C@@H](c2ccc(O)cc2)[C@H]2C(=O)N(c4ccc(Cl)cc4)C(=O)[C@H]2S3)cc1. The van der Waals surface area contributed by atoms with E-state index in [9.17, 15) is 29.1 Å². The predicted octanol–water partition coefficient (Wildman–Crippen LogP) is 4.88. The summed E-state index contributed by atoms with van der Waals surface area (Å²) in [6.07, 6.45) is 0. The molecular formula is C31H24ClN3O7S2. The Balaban J connectivity index is 1.33. The van der Waals surface area contributed by atoms with Crippen LogP contribution in [0, 0.1) is 5.92 Å². The molecular weight excluding hydrogens is 626 g/mol. The molecule has 44 heavy (non-hydrogen) atoms. The van der Waals surface area contributed by atoms with E-state index in [0.29, 0.717) is 37.4 Å². The average molecular weight is 650 g/mol. The smallest absolute Gasteiger partial charge is 0.338 e. The number of imide groups is 1. The molecule has 0 saturated carbocycles. The van der Waals surface area contributed by atoms with Crippen LogP contribution in [-0.2, 0) is 25.7 Å². The summed E-state index contributed by atoms with van der Waals surface area (Å²) in [5.74, 6) is -3.26. The molecule has 3 atom stereocenters. The van der Waals surface area contributed by atoms with Crippen molar-refractivity contribution in [3.8, 4) is 5.75 Å². The summed E-state index contributed by atoms with van der Waals surface area (Å²) < 4.78 is 6.30. The molecule has 1 saturated heterocycles. The molecule has 3 heterocycles. The van der Waals surface area contributed by atoms with Crippen molar-refractivity contribution in [2.45, 2.75) is 29.7 Å². The average Bonchev–Trinajstić information content (AvgIpc) is 3.45. The lowest BCUT2D eigenvalue weighted by Crippen LogP contribution is -2.33. The largest absolute Gasteiger partial charge is 0.508 e. The number of esters is 1. The van der Waals surface area contributed by atoms with Gasteiger partial charge in [-0.15, -0.1) is 0 Å². The number of carbonyl (C=O) groups is 4. The molecule has 0 aliphatic carbocycles. The van der Waals surface area contributed by atoms with Crippen LogP contribution in [-0.4, -0.2) is 45.2 Å². The first-order chi connectivity index (χ1) is 21.2. The standard InChI is InChI=1S/C31H24ClN3O7S2/c1-2-42-30(40)17-3-9-19(10-4-17)33-22(37)15-34-29-26(44-31(34)41)23(16-5-13-21(36)14-6-16)24-25(43-29)28(39)35(27(24)38)20-11-7-18(32)8-12-20/h3-14,23-25,36H,2,15H2,1H3,(H,33,37)/t23-,24+,25-/m0/s1. The summed E-state index contributed by atoms with van der Waals surface area (Å²) in [5.41, 5.74) is 1.80. The highest BCUT2D eigenvalue weighted by molar-refractivity contribution is 8.00. The van der Waals surface area contributed by atoms with Crippen LogP contribution in [0.15, 0.2) is 82.6 Å². The second-order valence-corrected chi connectivity index (χ2v) is 12.7. The fourth-order valence-corrected chi connectivity index (χ4v) is 8.29. The van der Waals surface area contributed by atoms with Crippen LogP contribution < -0.4 is 15.1 Å². The molecule has 2 N–H and O–H groups in total. The van der Waals surface area contributed by atoms with E-state index in [-0.39, 0.29) is 18.9 Å². The van der Waals surface area contributed by atoms with Gasteiger partial charge in [0.25, 0.3) is 0 Å². The van der Waals surface area contributed by atoms with Gasteiger partial charge in [0.2, 0.25) is 17.7 Å². The minimum atomic E-state index is -0.858. The lowest BCUT2D eigenvalue weighted by molar-refractivity contribution is -0.122. The highest BCUT2D eigenvalue weighted by atomic mass is 35.5. The topological polar surface area (TPSA) is 135 Å². The molecule has 3 amide bonds. The number of ether oxygens (including phenoxy) is 1. The quantitative estimate of drug-likeness (QED) is 0.214. The number of nitrogens with one attached hydrogen (secondary N) is 1. The summed E-state index contributed by atoms with van der Waals surface area (Å²) in [7, 11) is 0. The van der Waals surface area contributed by atoms with Gasteiger partial charge in [-0.25, -0.2) is 9.69 Å². The number of aromatic hydroxyl groups is 1. The number of aromatic nitrogens is 1. The molecule has 10 nitrogen and oxygen atoms in total. The van der Waals surface area contributed by atoms with Gasteiger partial charge in [0.15, 0.2) is 0 Å². The second-order valence-electron chi connectivity index (χ2n) is 10.1. The number of nitrogens with zero attached hydrogens (tertiary/aromatic N) is 2. The summed E-state index contributed by atoms with van der Waals surface area (Å²) in [5, 5.41) is 12.7. The second kappa shape index (κ2) is 11.9. The number of hydrogen-bond acceptors (Lipinski definition) is 9. The number of carbonyl (C=O) groups excluding carboxylic acids is 4. The van der Waals surface area contributed by atoms with E-state index in [1.807, 2.05) is 0 Å². The van der Waals surface area contributed by atoms with Crippen molar-refractivity contribution in [2.75, 3.05) is 16.8 Å². The maximum atomic E-state index is 13.9. The van der Waals surface area contributed by atoms with Gasteiger partial charge in [0, 0.05) is 21.5 Å². The van der Waals surface area contributed by atoms with E-state index >= 15 is 0 Å². The molecule has 0 spiro atoms. The Labute approximate surface area is 264 Å². The van der Waals surface area contributed by atoms with Crippen molar-refractivity contribution in [2.24, 2.45) is 5.92 Å².